The molecule has 11 aromatic carbocycles. The van der Waals surface area contributed by atoms with Crippen LogP contribution in [-0.2, 0) is 0 Å². The summed E-state index contributed by atoms with van der Waals surface area (Å²) in [5.41, 5.74) is 17.3. The van der Waals surface area contributed by atoms with E-state index in [-0.39, 0.29) is 0 Å². The number of hydrogen-bond donors (Lipinski definition) is 0. The fraction of sp³-hybridized carbons (Fsp3) is 0. The SMILES string of the molecule is c1ccc(-c2nc(-c3ccc(-c4cc(-c5ccc6oc7ccccc7c6c5)cc(-c5ccc6oc7ccccc7c6c5)c4)cc3)cc(-c3ccc(-c4cc5ccccc5c5ccccc45)cc3)n2)cc1. The summed E-state index contributed by atoms with van der Waals surface area (Å²) in [7, 11) is 0. The van der Waals surface area contributed by atoms with Gasteiger partial charge in [-0.1, -0.05) is 176 Å². The molecule has 70 heavy (non-hydrogen) atoms. The summed E-state index contributed by atoms with van der Waals surface area (Å²) >= 11 is 0. The fourth-order valence-corrected chi connectivity index (χ4v) is 10.3. The van der Waals surface area contributed by atoms with Crippen molar-refractivity contribution in [2.45, 2.75) is 0 Å². The van der Waals surface area contributed by atoms with E-state index in [1.165, 1.54) is 27.1 Å². The van der Waals surface area contributed by atoms with Gasteiger partial charge in [0.05, 0.1) is 11.4 Å². The Morgan fingerprint density at radius 2 is 0.657 bits per heavy atom. The van der Waals surface area contributed by atoms with Gasteiger partial charge >= 0.3 is 0 Å². The van der Waals surface area contributed by atoms with Gasteiger partial charge in [-0.25, -0.2) is 9.97 Å². The van der Waals surface area contributed by atoms with Crippen LogP contribution in [0.3, 0.4) is 0 Å². The van der Waals surface area contributed by atoms with Crippen molar-refractivity contribution in [1.82, 2.24) is 9.97 Å². The number of fused-ring (bicyclic) bond motifs is 9. The van der Waals surface area contributed by atoms with Crippen LogP contribution < -0.4 is 0 Å². The van der Waals surface area contributed by atoms with E-state index in [4.69, 9.17) is 18.8 Å². The Hall–Kier alpha value is -9.38. The highest BCUT2D eigenvalue weighted by Crippen LogP contribution is 2.40. The Balaban J connectivity index is 0.863. The van der Waals surface area contributed by atoms with Crippen LogP contribution in [0, 0.1) is 0 Å². The van der Waals surface area contributed by atoms with Gasteiger partial charge in [0.25, 0.3) is 0 Å². The van der Waals surface area contributed by atoms with Gasteiger partial charge in [-0.3, -0.25) is 0 Å². The van der Waals surface area contributed by atoms with Crippen LogP contribution in [0.2, 0.25) is 0 Å². The Labute approximate surface area is 403 Å². The van der Waals surface area contributed by atoms with Crippen molar-refractivity contribution >= 4 is 65.4 Å². The van der Waals surface area contributed by atoms with E-state index in [1.54, 1.807) is 0 Å². The van der Waals surface area contributed by atoms with Crippen molar-refractivity contribution in [2.75, 3.05) is 0 Å². The summed E-state index contributed by atoms with van der Waals surface area (Å²) in [5.74, 6) is 0.684. The van der Waals surface area contributed by atoms with E-state index in [1.807, 2.05) is 42.5 Å². The van der Waals surface area contributed by atoms with Gasteiger partial charge in [0.15, 0.2) is 5.82 Å². The molecule has 3 aromatic heterocycles. The summed E-state index contributed by atoms with van der Waals surface area (Å²) in [6.45, 7) is 0. The third-order valence-electron chi connectivity index (χ3n) is 13.9. The largest absolute Gasteiger partial charge is 0.456 e. The lowest BCUT2D eigenvalue weighted by molar-refractivity contribution is 0.668. The Morgan fingerprint density at radius 1 is 0.229 bits per heavy atom. The first-order chi connectivity index (χ1) is 34.6. The molecule has 0 N–H and O–H groups in total. The van der Waals surface area contributed by atoms with Crippen LogP contribution in [0.25, 0.3) is 144 Å². The lowest BCUT2D eigenvalue weighted by Gasteiger charge is -2.13. The van der Waals surface area contributed by atoms with Crippen LogP contribution in [0.4, 0.5) is 0 Å². The Kier molecular flexibility index (Phi) is 9.17. The summed E-state index contributed by atoms with van der Waals surface area (Å²) < 4.78 is 12.5. The number of rotatable bonds is 7. The van der Waals surface area contributed by atoms with E-state index in [2.05, 4.69) is 200 Å². The zero-order chi connectivity index (χ0) is 46.1. The highest BCUT2D eigenvalue weighted by atomic mass is 16.3. The van der Waals surface area contributed by atoms with Gasteiger partial charge in [0, 0.05) is 38.2 Å². The van der Waals surface area contributed by atoms with Crippen molar-refractivity contribution in [3.63, 3.8) is 0 Å². The molecule has 0 saturated heterocycles. The van der Waals surface area contributed by atoms with Gasteiger partial charge < -0.3 is 8.83 Å². The molecule has 14 rings (SSSR count). The van der Waals surface area contributed by atoms with Crippen molar-refractivity contribution in [2.24, 2.45) is 0 Å². The molecule has 0 fully saturated rings. The molecule has 0 amide bonds. The van der Waals surface area contributed by atoms with Crippen molar-refractivity contribution in [1.29, 1.82) is 0 Å². The number of aromatic nitrogens is 2. The van der Waals surface area contributed by atoms with E-state index in [9.17, 15) is 0 Å². The van der Waals surface area contributed by atoms with E-state index < -0.39 is 0 Å². The first kappa shape index (κ1) is 39.8. The predicted molar refractivity (Wildman–Crippen MR) is 290 cm³/mol. The first-order valence-electron chi connectivity index (χ1n) is 23.7. The van der Waals surface area contributed by atoms with Crippen LogP contribution in [-0.4, -0.2) is 9.97 Å². The van der Waals surface area contributed by atoms with Gasteiger partial charge in [-0.2, -0.15) is 0 Å². The number of benzene rings is 11. The number of hydrogen-bond acceptors (Lipinski definition) is 4. The standard InChI is InChI=1S/C66H40N2O2/c1-2-12-45(13-3-1)66-67-60(40-61(68-66)44-28-24-42(25-29-44)57-39-48-14-4-5-15-52(48)53-16-6-7-17-54(53)57)43-26-22-41(23-27-43)49-34-50(46-30-32-64-58(37-46)55-18-8-10-20-62(55)69-64)36-51(35-49)47-31-33-65-59(38-47)56-19-9-11-21-63(56)70-65/h1-40H. The Bertz CT molecular complexity index is 4200. The van der Waals surface area contributed by atoms with Crippen molar-refractivity contribution < 1.29 is 8.83 Å². The molecule has 0 aliphatic carbocycles. The molecule has 0 atom stereocenters. The molecule has 0 aliphatic rings. The minimum Gasteiger partial charge on any atom is -0.456 e. The third kappa shape index (κ3) is 6.85. The smallest absolute Gasteiger partial charge is 0.160 e. The van der Waals surface area contributed by atoms with Crippen molar-refractivity contribution in [3.8, 4) is 78.4 Å². The highest BCUT2D eigenvalue weighted by Gasteiger charge is 2.16. The maximum atomic E-state index is 6.24. The molecular weight excluding hydrogens is 853 g/mol. The molecule has 0 radical (unpaired) electrons. The van der Waals surface area contributed by atoms with Crippen LogP contribution in [0.5, 0.6) is 0 Å². The summed E-state index contributed by atoms with van der Waals surface area (Å²) in [4.78, 5) is 10.4. The minimum absolute atomic E-state index is 0.684. The molecule has 326 valence electrons. The summed E-state index contributed by atoms with van der Waals surface area (Å²) in [6.07, 6.45) is 0. The molecule has 14 aromatic rings. The van der Waals surface area contributed by atoms with E-state index >= 15 is 0 Å². The topological polar surface area (TPSA) is 52.1 Å². The molecule has 4 heteroatoms. The predicted octanol–water partition coefficient (Wildman–Crippen LogP) is 18.3. The maximum Gasteiger partial charge on any atom is 0.160 e. The summed E-state index contributed by atoms with van der Waals surface area (Å²) in [5, 5.41) is 9.42. The van der Waals surface area contributed by atoms with Crippen LogP contribution in [0.1, 0.15) is 0 Å². The fourth-order valence-electron chi connectivity index (χ4n) is 10.3. The van der Waals surface area contributed by atoms with Gasteiger partial charge in [-0.15, -0.1) is 0 Å². The average molecular weight is 893 g/mol. The molecular formula is C66H40N2O2. The number of nitrogens with zero attached hydrogens (tertiary/aromatic N) is 2. The van der Waals surface area contributed by atoms with E-state index in [0.717, 1.165) is 111 Å². The van der Waals surface area contributed by atoms with Gasteiger partial charge in [-0.05, 0) is 133 Å². The highest BCUT2D eigenvalue weighted by molar-refractivity contribution is 6.14. The maximum absolute atomic E-state index is 6.24. The second kappa shape index (κ2) is 16.2. The Morgan fingerprint density at radius 3 is 1.24 bits per heavy atom. The molecule has 4 nitrogen and oxygen atoms in total. The van der Waals surface area contributed by atoms with Crippen molar-refractivity contribution in [3.05, 3.63) is 243 Å². The second-order valence-electron chi connectivity index (χ2n) is 18.1. The molecule has 0 spiro atoms. The normalized spacial score (nSPS) is 11.7. The first-order valence-corrected chi connectivity index (χ1v) is 23.7. The van der Waals surface area contributed by atoms with Crippen LogP contribution in [0.15, 0.2) is 251 Å². The number of para-hydroxylation sites is 2. The molecule has 0 aliphatic heterocycles. The minimum atomic E-state index is 0.684. The van der Waals surface area contributed by atoms with Gasteiger partial charge in [0.2, 0.25) is 0 Å². The number of furan rings is 2. The van der Waals surface area contributed by atoms with Gasteiger partial charge in [0.1, 0.15) is 22.3 Å². The molecule has 0 unspecified atom stereocenters. The molecule has 0 bridgehead atoms. The monoisotopic (exact) mass is 892 g/mol. The quantitative estimate of drug-likeness (QED) is 0.150. The van der Waals surface area contributed by atoms with Crippen LogP contribution >= 0.6 is 0 Å². The summed E-state index contributed by atoms with van der Waals surface area (Å²) in [6, 6.07) is 86.1. The molecule has 3 heterocycles. The average Bonchev–Trinajstić information content (AvgIpc) is 4.01. The third-order valence-corrected chi connectivity index (χ3v) is 13.9. The zero-order valence-corrected chi connectivity index (χ0v) is 37.8. The zero-order valence-electron chi connectivity index (χ0n) is 37.8. The lowest BCUT2D eigenvalue weighted by atomic mass is 9.92. The lowest BCUT2D eigenvalue weighted by Crippen LogP contribution is -1.96. The van der Waals surface area contributed by atoms with E-state index in [0.29, 0.717) is 5.82 Å². The second-order valence-corrected chi connectivity index (χ2v) is 18.1. The molecule has 0 saturated carbocycles.